The minimum Gasteiger partial charge on any atom is -0.326 e. The van der Waals surface area contributed by atoms with Gasteiger partial charge in [-0.1, -0.05) is 67.6 Å². The van der Waals surface area contributed by atoms with Crippen molar-refractivity contribution in [1.29, 1.82) is 0 Å². The summed E-state index contributed by atoms with van der Waals surface area (Å²) in [6, 6.07) is 18.5. The summed E-state index contributed by atoms with van der Waals surface area (Å²) in [5.41, 5.74) is 8.08. The summed E-state index contributed by atoms with van der Waals surface area (Å²) in [5, 5.41) is -0.663. The molecule has 0 saturated heterocycles. The van der Waals surface area contributed by atoms with Crippen LogP contribution in [-0.4, -0.2) is 20.2 Å². The lowest BCUT2D eigenvalue weighted by Gasteiger charge is -2.24. The SMILES string of the molecule is CCS(=O)(=O)C(c1ccccc1)C(N)Cc1ccccc1. The molecule has 0 aliphatic heterocycles. The zero-order valence-electron chi connectivity index (χ0n) is 12.1. The highest BCUT2D eigenvalue weighted by molar-refractivity contribution is 7.91. The molecule has 2 atom stereocenters. The van der Waals surface area contributed by atoms with E-state index in [1.165, 1.54) is 0 Å². The van der Waals surface area contributed by atoms with E-state index in [2.05, 4.69) is 0 Å². The lowest BCUT2D eigenvalue weighted by atomic mass is 9.99. The van der Waals surface area contributed by atoms with E-state index in [9.17, 15) is 8.42 Å². The number of rotatable bonds is 6. The molecule has 2 N–H and O–H groups in total. The Morgan fingerprint density at radius 2 is 1.48 bits per heavy atom. The highest BCUT2D eigenvalue weighted by Gasteiger charge is 2.31. The molecule has 2 aromatic rings. The van der Waals surface area contributed by atoms with Crippen molar-refractivity contribution in [3.05, 3.63) is 71.8 Å². The molecule has 0 fully saturated rings. The van der Waals surface area contributed by atoms with Crippen LogP contribution in [0.5, 0.6) is 0 Å². The Labute approximate surface area is 126 Å². The molecule has 0 saturated carbocycles. The number of benzene rings is 2. The lowest BCUT2D eigenvalue weighted by Crippen LogP contribution is -2.36. The van der Waals surface area contributed by atoms with Gasteiger partial charge in [-0.3, -0.25) is 0 Å². The molecule has 21 heavy (non-hydrogen) atoms. The quantitative estimate of drug-likeness (QED) is 0.892. The van der Waals surface area contributed by atoms with Crippen LogP contribution in [0.15, 0.2) is 60.7 Å². The van der Waals surface area contributed by atoms with Crippen LogP contribution in [0.2, 0.25) is 0 Å². The largest absolute Gasteiger partial charge is 0.326 e. The number of hydrogen-bond donors (Lipinski definition) is 1. The predicted molar refractivity (Wildman–Crippen MR) is 86.8 cm³/mol. The molecule has 4 heteroatoms. The average molecular weight is 303 g/mol. The first-order valence-corrected chi connectivity index (χ1v) is 8.82. The van der Waals surface area contributed by atoms with Gasteiger partial charge >= 0.3 is 0 Å². The van der Waals surface area contributed by atoms with Crippen molar-refractivity contribution in [2.24, 2.45) is 5.73 Å². The molecular weight excluding hydrogens is 282 g/mol. The minimum atomic E-state index is -3.26. The second-order valence-electron chi connectivity index (χ2n) is 5.14. The molecule has 0 radical (unpaired) electrons. The molecule has 0 spiro atoms. The van der Waals surface area contributed by atoms with Gasteiger partial charge in [0.1, 0.15) is 5.25 Å². The van der Waals surface area contributed by atoms with Crippen molar-refractivity contribution in [1.82, 2.24) is 0 Å². The van der Waals surface area contributed by atoms with E-state index in [-0.39, 0.29) is 5.75 Å². The third kappa shape index (κ3) is 3.93. The highest BCUT2D eigenvalue weighted by Crippen LogP contribution is 2.27. The van der Waals surface area contributed by atoms with Crippen molar-refractivity contribution in [2.45, 2.75) is 24.6 Å². The molecule has 3 nitrogen and oxygen atoms in total. The summed E-state index contributed by atoms with van der Waals surface area (Å²) in [7, 11) is -3.26. The Balaban J connectivity index is 2.32. The molecule has 0 aromatic heterocycles. The van der Waals surface area contributed by atoms with E-state index >= 15 is 0 Å². The molecule has 0 bridgehead atoms. The highest BCUT2D eigenvalue weighted by atomic mass is 32.2. The molecule has 2 rings (SSSR count). The molecule has 2 unspecified atom stereocenters. The molecule has 112 valence electrons. The maximum absolute atomic E-state index is 12.5. The first kappa shape index (κ1) is 15.7. The lowest BCUT2D eigenvalue weighted by molar-refractivity contribution is 0.553. The van der Waals surface area contributed by atoms with Gasteiger partial charge in [0.05, 0.1) is 0 Å². The standard InChI is InChI=1S/C17H21NO2S/c1-2-21(19,20)17(15-11-7-4-8-12-15)16(18)13-14-9-5-3-6-10-14/h3-12,16-17H,2,13,18H2,1H3. The molecule has 0 aliphatic rings. The monoisotopic (exact) mass is 303 g/mol. The normalized spacial score (nSPS) is 14.6. The van der Waals surface area contributed by atoms with Crippen molar-refractivity contribution >= 4 is 9.84 Å². The van der Waals surface area contributed by atoms with Gasteiger partial charge in [0.2, 0.25) is 0 Å². The fraction of sp³-hybridized carbons (Fsp3) is 0.294. The van der Waals surface area contributed by atoms with Gasteiger partial charge < -0.3 is 5.73 Å². The van der Waals surface area contributed by atoms with Crippen LogP contribution in [0.25, 0.3) is 0 Å². The van der Waals surface area contributed by atoms with Gasteiger partial charge in [0, 0.05) is 11.8 Å². The van der Waals surface area contributed by atoms with Gasteiger partial charge in [-0.25, -0.2) is 8.42 Å². The summed E-state index contributed by atoms with van der Waals surface area (Å²) in [5.74, 6) is 0.0923. The molecular formula is C17H21NO2S. The van der Waals surface area contributed by atoms with E-state index in [0.29, 0.717) is 6.42 Å². The third-order valence-electron chi connectivity index (χ3n) is 3.62. The number of hydrogen-bond acceptors (Lipinski definition) is 3. The van der Waals surface area contributed by atoms with Crippen LogP contribution in [0.1, 0.15) is 23.3 Å². The first-order valence-electron chi connectivity index (χ1n) is 7.10. The van der Waals surface area contributed by atoms with Gasteiger partial charge in [-0.05, 0) is 17.5 Å². The van der Waals surface area contributed by atoms with E-state index in [1.54, 1.807) is 6.92 Å². The van der Waals surface area contributed by atoms with E-state index in [4.69, 9.17) is 5.73 Å². The van der Waals surface area contributed by atoms with Crippen LogP contribution >= 0.6 is 0 Å². The summed E-state index contributed by atoms with van der Waals surface area (Å²) >= 11 is 0. The maximum Gasteiger partial charge on any atom is 0.158 e. The first-order chi connectivity index (χ1) is 10.0. The summed E-state index contributed by atoms with van der Waals surface area (Å²) in [6.07, 6.45) is 0.541. The zero-order valence-corrected chi connectivity index (χ0v) is 13.0. The fourth-order valence-corrected chi connectivity index (χ4v) is 4.10. The molecule has 0 heterocycles. The van der Waals surface area contributed by atoms with E-state index in [1.807, 2.05) is 60.7 Å². The van der Waals surface area contributed by atoms with Gasteiger partial charge in [0.25, 0.3) is 0 Å². The smallest absolute Gasteiger partial charge is 0.158 e. The molecule has 0 aliphatic carbocycles. The average Bonchev–Trinajstić information content (AvgIpc) is 2.49. The van der Waals surface area contributed by atoms with Crippen LogP contribution in [0, 0.1) is 0 Å². The number of sulfone groups is 1. The fourth-order valence-electron chi connectivity index (χ4n) is 2.54. The van der Waals surface area contributed by atoms with Crippen molar-refractivity contribution in [3.8, 4) is 0 Å². The van der Waals surface area contributed by atoms with Crippen LogP contribution in [0.3, 0.4) is 0 Å². The van der Waals surface area contributed by atoms with Gasteiger partial charge in [-0.2, -0.15) is 0 Å². The summed E-state index contributed by atoms with van der Waals surface area (Å²) in [6.45, 7) is 1.67. The molecule has 0 amide bonds. The summed E-state index contributed by atoms with van der Waals surface area (Å²) < 4.78 is 24.9. The Morgan fingerprint density at radius 3 is 2.00 bits per heavy atom. The van der Waals surface area contributed by atoms with Crippen LogP contribution in [-0.2, 0) is 16.3 Å². The van der Waals surface area contributed by atoms with Gasteiger partial charge in [0.15, 0.2) is 9.84 Å². The zero-order chi connectivity index (χ0) is 15.3. The number of nitrogens with two attached hydrogens (primary N) is 1. The van der Waals surface area contributed by atoms with Crippen molar-refractivity contribution in [3.63, 3.8) is 0 Å². The molecule has 2 aromatic carbocycles. The maximum atomic E-state index is 12.5. The predicted octanol–water partition coefficient (Wildman–Crippen LogP) is 2.73. The summed E-state index contributed by atoms with van der Waals surface area (Å²) in [4.78, 5) is 0. The van der Waals surface area contributed by atoms with Crippen molar-refractivity contribution in [2.75, 3.05) is 5.75 Å². The third-order valence-corrected chi connectivity index (χ3v) is 5.82. The van der Waals surface area contributed by atoms with Gasteiger partial charge in [-0.15, -0.1) is 0 Å². The topological polar surface area (TPSA) is 60.2 Å². The van der Waals surface area contributed by atoms with Crippen LogP contribution < -0.4 is 5.73 Å². The Bertz CT molecular complexity index is 654. The van der Waals surface area contributed by atoms with Crippen LogP contribution in [0.4, 0.5) is 0 Å². The Morgan fingerprint density at radius 1 is 0.952 bits per heavy atom. The Kier molecular flexibility index (Phi) is 5.15. The second kappa shape index (κ2) is 6.87. The van der Waals surface area contributed by atoms with E-state index < -0.39 is 21.1 Å². The van der Waals surface area contributed by atoms with Crippen molar-refractivity contribution < 1.29 is 8.42 Å². The van der Waals surface area contributed by atoms with E-state index in [0.717, 1.165) is 11.1 Å². The minimum absolute atomic E-state index is 0.0923. The Hall–Kier alpha value is -1.65. The second-order valence-corrected chi connectivity index (χ2v) is 7.55.